The lowest BCUT2D eigenvalue weighted by molar-refractivity contribution is 0.0499. The van der Waals surface area contributed by atoms with Crippen molar-refractivity contribution in [3.63, 3.8) is 0 Å². The number of rotatable bonds is 5. The smallest absolute Gasteiger partial charge is 0.338 e. The standard InChI is InChI=1S/C12H13ClO3/c1-2-3-7-16-12(15)10-6-4-5-9(8-10)11(13)14/h4-6,8H,2-3,7H2,1H3. The van der Waals surface area contributed by atoms with Gasteiger partial charge in [0.15, 0.2) is 0 Å². The van der Waals surface area contributed by atoms with Gasteiger partial charge >= 0.3 is 5.97 Å². The Labute approximate surface area is 99.4 Å². The van der Waals surface area contributed by atoms with Gasteiger partial charge in [-0.2, -0.15) is 0 Å². The van der Waals surface area contributed by atoms with E-state index in [9.17, 15) is 9.59 Å². The van der Waals surface area contributed by atoms with Crippen LogP contribution in [0.4, 0.5) is 0 Å². The number of halogens is 1. The van der Waals surface area contributed by atoms with Crippen molar-refractivity contribution in [2.75, 3.05) is 6.61 Å². The van der Waals surface area contributed by atoms with Gasteiger partial charge in [0.1, 0.15) is 0 Å². The van der Waals surface area contributed by atoms with Crippen molar-refractivity contribution < 1.29 is 14.3 Å². The average Bonchev–Trinajstić information content (AvgIpc) is 2.29. The van der Waals surface area contributed by atoms with Gasteiger partial charge in [-0.15, -0.1) is 0 Å². The minimum Gasteiger partial charge on any atom is -0.462 e. The predicted octanol–water partition coefficient (Wildman–Crippen LogP) is 3.02. The highest BCUT2D eigenvalue weighted by atomic mass is 35.5. The van der Waals surface area contributed by atoms with Gasteiger partial charge in [0, 0.05) is 5.56 Å². The van der Waals surface area contributed by atoms with E-state index in [1.165, 1.54) is 6.07 Å². The lowest BCUT2D eigenvalue weighted by Crippen LogP contribution is -2.07. The zero-order chi connectivity index (χ0) is 12.0. The zero-order valence-electron chi connectivity index (χ0n) is 9.03. The Bertz CT molecular complexity index is 388. The number of esters is 1. The van der Waals surface area contributed by atoms with Crippen LogP contribution in [0.1, 0.15) is 40.5 Å². The summed E-state index contributed by atoms with van der Waals surface area (Å²) >= 11 is 5.32. The van der Waals surface area contributed by atoms with Crippen molar-refractivity contribution >= 4 is 22.8 Å². The van der Waals surface area contributed by atoms with Crippen LogP contribution >= 0.6 is 11.6 Å². The molecule has 0 bridgehead atoms. The second-order valence-corrected chi connectivity index (χ2v) is 3.69. The summed E-state index contributed by atoms with van der Waals surface area (Å²) in [7, 11) is 0. The molecule has 0 N–H and O–H groups in total. The number of hydrogen-bond acceptors (Lipinski definition) is 3. The van der Waals surface area contributed by atoms with E-state index in [1.807, 2.05) is 6.92 Å². The summed E-state index contributed by atoms with van der Waals surface area (Å²) < 4.78 is 5.01. The number of carbonyl (C=O) groups excluding carboxylic acids is 2. The van der Waals surface area contributed by atoms with Gasteiger partial charge < -0.3 is 4.74 Å². The lowest BCUT2D eigenvalue weighted by Gasteiger charge is -2.04. The molecule has 0 aromatic heterocycles. The van der Waals surface area contributed by atoms with Crippen molar-refractivity contribution in [1.82, 2.24) is 0 Å². The third-order valence-electron chi connectivity index (χ3n) is 2.06. The van der Waals surface area contributed by atoms with Crippen LogP contribution in [0.2, 0.25) is 0 Å². The molecule has 0 saturated heterocycles. The highest BCUT2D eigenvalue weighted by Gasteiger charge is 2.09. The molecule has 1 aromatic rings. The summed E-state index contributed by atoms with van der Waals surface area (Å²) in [4.78, 5) is 22.4. The maximum absolute atomic E-state index is 11.5. The molecule has 1 rings (SSSR count). The third-order valence-corrected chi connectivity index (χ3v) is 2.27. The summed E-state index contributed by atoms with van der Waals surface area (Å²) in [5.74, 6) is -0.423. The van der Waals surface area contributed by atoms with Crippen molar-refractivity contribution in [3.8, 4) is 0 Å². The Morgan fingerprint density at radius 2 is 2.00 bits per heavy atom. The SMILES string of the molecule is CCCCOC(=O)c1cccc(C(=O)Cl)c1. The molecular formula is C12H13ClO3. The Balaban J connectivity index is 2.68. The number of unbranched alkanes of at least 4 members (excludes halogenated alkanes) is 1. The molecule has 0 aliphatic heterocycles. The largest absolute Gasteiger partial charge is 0.462 e. The van der Waals surface area contributed by atoms with E-state index in [-0.39, 0.29) is 0 Å². The third kappa shape index (κ3) is 3.66. The van der Waals surface area contributed by atoms with Crippen LogP contribution in [-0.2, 0) is 4.74 Å². The number of hydrogen-bond donors (Lipinski definition) is 0. The first kappa shape index (κ1) is 12.7. The molecular weight excluding hydrogens is 228 g/mol. The van der Waals surface area contributed by atoms with Gasteiger partial charge in [-0.05, 0) is 30.2 Å². The average molecular weight is 241 g/mol. The predicted molar refractivity (Wildman–Crippen MR) is 61.8 cm³/mol. The molecule has 0 aliphatic carbocycles. The van der Waals surface area contributed by atoms with Crippen molar-refractivity contribution in [2.45, 2.75) is 19.8 Å². The van der Waals surface area contributed by atoms with Crippen molar-refractivity contribution in [3.05, 3.63) is 35.4 Å². The Hall–Kier alpha value is -1.35. The maximum Gasteiger partial charge on any atom is 0.338 e. The molecule has 16 heavy (non-hydrogen) atoms. The molecule has 0 radical (unpaired) electrons. The van der Waals surface area contributed by atoms with Gasteiger partial charge in [-0.1, -0.05) is 25.5 Å². The minimum atomic E-state index is -0.580. The number of carbonyl (C=O) groups is 2. The maximum atomic E-state index is 11.5. The summed E-state index contributed by atoms with van der Waals surface area (Å²) in [6.45, 7) is 2.41. The quantitative estimate of drug-likeness (QED) is 0.451. The monoisotopic (exact) mass is 240 g/mol. The second-order valence-electron chi connectivity index (χ2n) is 3.34. The fourth-order valence-corrected chi connectivity index (χ4v) is 1.28. The van der Waals surface area contributed by atoms with Crippen molar-refractivity contribution in [1.29, 1.82) is 0 Å². The molecule has 3 nitrogen and oxygen atoms in total. The van der Waals surface area contributed by atoms with Crippen LogP contribution in [0.3, 0.4) is 0 Å². The van der Waals surface area contributed by atoms with E-state index < -0.39 is 11.2 Å². The van der Waals surface area contributed by atoms with Crippen LogP contribution in [-0.4, -0.2) is 17.8 Å². The molecule has 0 amide bonds. The Morgan fingerprint density at radius 3 is 2.62 bits per heavy atom. The van der Waals surface area contributed by atoms with E-state index in [0.29, 0.717) is 17.7 Å². The second kappa shape index (κ2) is 6.28. The number of benzene rings is 1. The molecule has 4 heteroatoms. The topological polar surface area (TPSA) is 43.4 Å². The molecule has 86 valence electrons. The van der Waals surface area contributed by atoms with E-state index >= 15 is 0 Å². The van der Waals surface area contributed by atoms with Gasteiger partial charge in [0.05, 0.1) is 12.2 Å². The molecule has 0 spiro atoms. The Morgan fingerprint density at radius 1 is 1.31 bits per heavy atom. The van der Waals surface area contributed by atoms with E-state index in [1.54, 1.807) is 18.2 Å². The normalized spacial score (nSPS) is 9.88. The molecule has 0 heterocycles. The van der Waals surface area contributed by atoms with Gasteiger partial charge in [0.2, 0.25) is 0 Å². The highest BCUT2D eigenvalue weighted by molar-refractivity contribution is 6.67. The van der Waals surface area contributed by atoms with Gasteiger partial charge in [-0.25, -0.2) is 4.79 Å². The minimum absolute atomic E-state index is 0.298. The van der Waals surface area contributed by atoms with Gasteiger partial charge in [-0.3, -0.25) is 4.79 Å². The summed E-state index contributed by atoms with van der Waals surface area (Å²) in [6, 6.07) is 6.19. The first-order chi connectivity index (χ1) is 7.65. The van der Waals surface area contributed by atoms with E-state index in [4.69, 9.17) is 16.3 Å². The fourth-order valence-electron chi connectivity index (χ4n) is 1.16. The first-order valence-corrected chi connectivity index (χ1v) is 5.50. The molecule has 0 saturated carbocycles. The summed E-state index contributed by atoms with van der Waals surface area (Å²) in [6.07, 6.45) is 1.80. The molecule has 0 atom stereocenters. The molecule has 0 aliphatic rings. The molecule has 1 aromatic carbocycles. The van der Waals surface area contributed by atoms with Crippen LogP contribution in [0.25, 0.3) is 0 Å². The van der Waals surface area contributed by atoms with Crippen molar-refractivity contribution in [2.24, 2.45) is 0 Å². The molecule has 0 fully saturated rings. The first-order valence-electron chi connectivity index (χ1n) is 5.12. The summed E-state index contributed by atoms with van der Waals surface area (Å²) in [5.41, 5.74) is 0.647. The van der Waals surface area contributed by atoms with Crippen LogP contribution in [0.15, 0.2) is 24.3 Å². The number of ether oxygens (including phenoxy) is 1. The molecule has 0 unspecified atom stereocenters. The lowest BCUT2D eigenvalue weighted by atomic mass is 10.1. The zero-order valence-corrected chi connectivity index (χ0v) is 9.79. The van der Waals surface area contributed by atoms with Crippen LogP contribution < -0.4 is 0 Å². The van der Waals surface area contributed by atoms with E-state index in [0.717, 1.165) is 12.8 Å². The van der Waals surface area contributed by atoms with Crippen LogP contribution in [0, 0.1) is 0 Å². The Kier molecular flexibility index (Phi) is 4.99. The van der Waals surface area contributed by atoms with Crippen LogP contribution in [0.5, 0.6) is 0 Å². The van der Waals surface area contributed by atoms with Gasteiger partial charge in [0.25, 0.3) is 5.24 Å². The highest BCUT2D eigenvalue weighted by Crippen LogP contribution is 2.09. The van der Waals surface area contributed by atoms with E-state index in [2.05, 4.69) is 0 Å². The fraction of sp³-hybridized carbons (Fsp3) is 0.333. The summed E-state index contributed by atoms with van der Waals surface area (Å²) in [5, 5.41) is -0.580.